The van der Waals surface area contributed by atoms with Gasteiger partial charge in [0.1, 0.15) is 6.07 Å². The first kappa shape index (κ1) is 10.8. The van der Waals surface area contributed by atoms with Gasteiger partial charge in [-0.15, -0.1) is 0 Å². The summed E-state index contributed by atoms with van der Waals surface area (Å²) in [5, 5.41) is 8.86. The molecule has 0 bridgehead atoms. The number of carbonyl (C=O) groups is 1. The Labute approximate surface area is 84.4 Å². The third-order valence-corrected chi connectivity index (χ3v) is 2.57. The number of hydrogen-bond donors (Lipinski definition) is 0. The van der Waals surface area contributed by atoms with Gasteiger partial charge in [-0.25, -0.2) is 0 Å². The SMILES string of the molecule is CC(=O)OC(C#N)=C1CCCCC1C. The molecule has 1 fully saturated rings. The van der Waals surface area contributed by atoms with E-state index in [9.17, 15) is 4.79 Å². The van der Waals surface area contributed by atoms with Gasteiger partial charge in [0.05, 0.1) is 0 Å². The first-order chi connectivity index (χ1) is 6.65. The number of nitriles is 1. The van der Waals surface area contributed by atoms with Gasteiger partial charge in [0.25, 0.3) is 0 Å². The fraction of sp³-hybridized carbons (Fsp3) is 0.636. The lowest BCUT2D eigenvalue weighted by Gasteiger charge is -2.22. The molecular weight excluding hydrogens is 178 g/mol. The molecule has 1 aliphatic rings. The molecule has 76 valence electrons. The summed E-state index contributed by atoms with van der Waals surface area (Å²) in [6, 6.07) is 1.97. The Morgan fingerprint density at radius 3 is 2.79 bits per heavy atom. The molecule has 1 saturated carbocycles. The Bertz CT molecular complexity index is 299. The van der Waals surface area contributed by atoms with Crippen LogP contribution in [0.25, 0.3) is 0 Å². The maximum absolute atomic E-state index is 10.8. The number of allylic oxidation sites excluding steroid dienone is 2. The minimum atomic E-state index is -0.410. The van der Waals surface area contributed by atoms with Gasteiger partial charge < -0.3 is 4.74 Å². The summed E-state index contributed by atoms with van der Waals surface area (Å²) < 4.78 is 4.89. The predicted octanol–water partition coefficient (Wildman–Crippen LogP) is 2.54. The van der Waals surface area contributed by atoms with E-state index in [2.05, 4.69) is 6.92 Å². The van der Waals surface area contributed by atoms with E-state index in [4.69, 9.17) is 10.00 Å². The van der Waals surface area contributed by atoms with Crippen molar-refractivity contribution in [1.82, 2.24) is 0 Å². The van der Waals surface area contributed by atoms with Crippen LogP contribution in [0.5, 0.6) is 0 Å². The molecule has 0 amide bonds. The molecule has 0 aromatic carbocycles. The van der Waals surface area contributed by atoms with Crippen LogP contribution in [-0.2, 0) is 9.53 Å². The van der Waals surface area contributed by atoms with Crippen molar-refractivity contribution in [1.29, 1.82) is 5.26 Å². The molecular formula is C11H15NO2. The van der Waals surface area contributed by atoms with E-state index in [0.717, 1.165) is 24.8 Å². The van der Waals surface area contributed by atoms with Gasteiger partial charge in [0.15, 0.2) is 0 Å². The number of ether oxygens (including phenoxy) is 1. The highest BCUT2D eigenvalue weighted by molar-refractivity contribution is 5.68. The van der Waals surface area contributed by atoms with Crippen LogP contribution < -0.4 is 0 Å². The lowest BCUT2D eigenvalue weighted by molar-refractivity contribution is -0.136. The molecule has 0 aliphatic heterocycles. The highest BCUT2D eigenvalue weighted by Crippen LogP contribution is 2.31. The molecule has 3 nitrogen and oxygen atoms in total. The van der Waals surface area contributed by atoms with Crippen molar-refractivity contribution < 1.29 is 9.53 Å². The first-order valence-corrected chi connectivity index (χ1v) is 4.96. The maximum atomic E-state index is 10.8. The van der Waals surface area contributed by atoms with Crippen LogP contribution in [0.1, 0.15) is 39.5 Å². The van der Waals surface area contributed by atoms with Crippen molar-refractivity contribution in [2.45, 2.75) is 39.5 Å². The summed E-state index contributed by atoms with van der Waals surface area (Å²) in [5.74, 6) is 0.189. The summed E-state index contributed by atoms with van der Waals surface area (Å²) in [6.07, 6.45) is 4.26. The van der Waals surface area contributed by atoms with Crippen LogP contribution in [-0.4, -0.2) is 5.97 Å². The molecule has 0 aromatic rings. The quantitative estimate of drug-likeness (QED) is 0.365. The number of esters is 1. The van der Waals surface area contributed by atoms with Gasteiger partial charge in [0, 0.05) is 6.92 Å². The second kappa shape index (κ2) is 4.80. The second-order valence-electron chi connectivity index (χ2n) is 3.71. The molecule has 0 heterocycles. The summed E-state index contributed by atoms with van der Waals surface area (Å²) in [4.78, 5) is 10.8. The van der Waals surface area contributed by atoms with Crippen molar-refractivity contribution in [3.8, 4) is 6.07 Å². The van der Waals surface area contributed by atoms with Crippen molar-refractivity contribution in [2.24, 2.45) is 5.92 Å². The lowest BCUT2D eigenvalue weighted by Crippen LogP contribution is -2.11. The Balaban J connectivity index is 2.86. The monoisotopic (exact) mass is 193 g/mol. The zero-order valence-electron chi connectivity index (χ0n) is 8.67. The molecule has 1 atom stereocenters. The second-order valence-corrected chi connectivity index (χ2v) is 3.71. The van der Waals surface area contributed by atoms with Gasteiger partial charge >= 0.3 is 5.97 Å². The number of carbonyl (C=O) groups excluding carboxylic acids is 1. The standard InChI is InChI=1S/C11H15NO2/c1-8-5-3-4-6-10(8)11(7-12)14-9(2)13/h8H,3-6H2,1-2H3. The van der Waals surface area contributed by atoms with Gasteiger partial charge in [0.2, 0.25) is 5.76 Å². The first-order valence-electron chi connectivity index (χ1n) is 4.96. The minimum Gasteiger partial charge on any atom is -0.415 e. The molecule has 0 saturated heterocycles. The minimum absolute atomic E-state index is 0.227. The molecule has 14 heavy (non-hydrogen) atoms. The fourth-order valence-corrected chi connectivity index (χ4v) is 1.83. The van der Waals surface area contributed by atoms with Crippen molar-refractivity contribution in [3.63, 3.8) is 0 Å². The molecule has 1 rings (SSSR count). The smallest absolute Gasteiger partial charge is 0.308 e. The van der Waals surface area contributed by atoms with Crippen LogP contribution in [0.2, 0.25) is 0 Å². The number of rotatable bonds is 1. The van der Waals surface area contributed by atoms with E-state index in [-0.39, 0.29) is 5.76 Å². The largest absolute Gasteiger partial charge is 0.415 e. The topological polar surface area (TPSA) is 50.1 Å². The van der Waals surface area contributed by atoms with E-state index >= 15 is 0 Å². The summed E-state index contributed by atoms with van der Waals surface area (Å²) in [5.41, 5.74) is 1.01. The van der Waals surface area contributed by atoms with Gasteiger partial charge in [-0.05, 0) is 30.8 Å². The molecule has 3 heteroatoms. The van der Waals surface area contributed by atoms with Crippen molar-refractivity contribution >= 4 is 5.97 Å². The van der Waals surface area contributed by atoms with E-state index < -0.39 is 5.97 Å². The highest BCUT2D eigenvalue weighted by atomic mass is 16.5. The van der Waals surface area contributed by atoms with Crippen molar-refractivity contribution in [3.05, 3.63) is 11.3 Å². The van der Waals surface area contributed by atoms with E-state index in [1.165, 1.54) is 13.3 Å². The van der Waals surface area contributed by atoms with Crippen LogP contribution in [0.15, 0.2) is 11.3 Å². The van der Waals surface area contributed by atoms with Crippen LogP contribution in [0, 0.1) is 17.2 Å². The van der Waals surface area contributed by atoms with Gasteiger partial charge in [-0.2, -0.15) is 5.26 Å². The summed E-state index contributed by atoms with van der Waals surface area (Å²) >= 11 is 0. The number of hydrogen-bond acceptors (Lipinski definition) is 3. The summed E-state index contributed by atoms with van der Waals surface area (Å²) in [6.45, 7) is 3.40. The average molecular weight is 193 g/mol. The highest BCUT2D eigenvalue weighted by Gasteiger charge is 2.20. The molecule has 1 aliphatic carbocycles. The maximum Gasteiger partial charge on any atom is 0.308 e. The fourth-order valence-electron chi connectivity index (χ4n) is 1.83. The van der Waals surface area contributed by atoms with E-state index in [0.29, 0.717) is 5.92 Å². The van der Waals surface area contributed by atoms with Crippen molar-refractivity contribution in [2.75, 3.05) is 0 Å². The molecule has 0 N–H and O–H groups in total. The Hall–Kier alpha value is -1.30. The Morgan fingerprint density at radius 1 is 1.57 bits per heavy atom. The van der Waals surface area contributed by atoms with E-state index in [1.807, 2.05) is 6.07 Å². The zero-order valence-corrected chi connectivity index (χ0v) is 8.67. The van der Waals surface area contributed by atoms with Crippen LogP contribution in [0.4, 0.5) is 0 Å². The third kappa shape index (κ3) is 2.59. The van der Waals surface area contributed by atoms with Crippen LogP contribution in [0.3, 0.4) is 0 Å². The Kier molecular flexibility index (Phi) is 3.70. The van der Waals surface area contributed by atoms with Gasteiger partial charge in [-0.1, -0.05) is 13.3 Å². The predicted molar refractivity (Wildman–Crippen MR) is 52.0 cm³/mol. The van der Waals surface area contributed by atoms with Crippen LogP contribution >= 0.6 is 0 Å². The molecule has 1 unspecified atom stereocenters. The molecule has 0 radical (unpaired) electrons. The van der Waals surface area contributed by atoms with Gasteiger partial charge in [-0.3, -0.25) is 4.79 Å². The normalized spacial score (nSPS) is 25.1. The zero-order chi connectivity index (χ0) is 10.6. The number of nitrogens with zero attached hydrogens (tertiary/aromatic N) is 1. The molecule has 0 aromatic heterocycles. The lowest BCUT2D eigenvalue weighted by atomic mass is 9.85. The van der Waals surface area contributed by atoms with E-state index in [1.54, 1.807) is 0 Å². The molecule has 0 spiro atoms. The summed E-state index contributed by atoms with van der Waals surface area (Å²) in [7, 11) is 0. The Morgan fingerprint density at radius 2 is 2.29 bits per heavy atom. The average Bonchev–Trinajstić information content (AvgIpc) is 2.15. The third-order valence-electron chi connectivity index (χ3n) is 2.57.